The number of hydrogen-bond acceptors (Lipinski definition) is 6. The van der Waals surface area contributed by atoms with Gasteiger partial charge in [0.2, 0.25) is 15.9 Å². The van der Waals surface area contributed by atoms with Crippen molar-refractivity contribution < 1.29 is 17.7 Å². The number of benzene rings is 1. The predicted octanol–water partition coefficient (Wildman–Crippen LogP) is 2.79. The molecular formula is C15H18ClN3O4S. The number of sulfonamides is 1. The number of ether oxygens (including phenoxy) is 1. The molecule has 9 heteroatoms. The van der Waals surface area contributed by atoms with Gasteiger partial charge in [-0.2, -0.15) is 4.98 Å². The van der Waals surface area contributed by atoms with Crippen LogP contribution in [-0.2, 0) is 16.6 Å². The van der Waals surface area contributed by atoms with Gasteiger partial charge in [0.15, 0.2) is 5.82 Å². The lowest BCUT2D eigenvalue weighted by atomic mass is 10.2. The summed E-state index contributed by atoms with van der Waals surface area (Å²) in [4.78, 5) is 4.19. The minimum Gasteiger partial charge on any atom is -0.492 e. The molecule has 0 spiro atoms. The van der Waals surface area contributed by atoms with Gasteiger partial charge in [-0.1, -0.05) is 16.8 Å². The van der Waals surface area contributed by atoms with Crippen LogP contribution in [0.3, 0.4) is 0 Å². The molecule has 2 aromatic rings. The third kappa shape index (κ3) is 3.71. The zero-order valence-corrected chi connectivity index (χ0v) is 14.9. The van der Waals surface area contributed by atoms with E-state index >= 15 is 0 Å². The fraction of sp³-hybridized carbons (Fsp3) is 0.467. The summed E-state index contributed by atoms with van der Waals surface area (Å²) in [5.74, 6) is 1.45. The quantitative estimate of drug-likeness (QED) is 0.804. The number of hydrogen-bond donors (Lipinski definition) is 1. The van der Waals surface area contributed by atoms with Crippen molar-refractivity contribution >= 4 is 21.6 Å². The predicted molar refractivity (Wildman–Crippen MR) is 87.7 cm³/mol. The van der Waals surface area contributed by atoms with E-state index in [2.05, 4.69) is 14.9 Å². The molecule has 0 aliphatic heterocycles. The van der Waals surface area contributed by atoms with Crippen LogP contribution >= 0.6 is 11.6 Å². The highest BCUT2D eigenvalue weighted by atomic mass is 35.5. The second kappa shape index (κ2) is 6.70. The highest BCUT2D eigenvalue weighted by Crippen LogP contribution is 2.38. The molecule has 7 nitrogen and oxygen atoms in total. The molecule has 24 heavy (non-hydrogen) atoms. The Labute approximate surface area is 145 Å². The van der Waals surface area contributed by atoms with E-state index < -0.39 is 10.0 Å². The van der Waals surface area contributed by atoms with Crippen LogP contribution in [0.5, 0.6) is 5.75 Å². The van der Waals surface area contributed by atoms with Gasteiger partial charge in [0.1, 0.15) is 10.6 Å². The molecule has 1 aromatic heterocycles. The van der Waals surface area contributed by atoms with Crippen LogP contribution in [0.2, 0.25) is 5.02 Å². The summed E-state index contributed by atoms with van der Waals surface area (Å²) in [5.41, 5.74) is 0.742. The molecule has 1 aliphatic rings. The maximum atomic E-state index is 12.6. The Balaban J connectivity index is 1.79. The Kier molecular flexibility index (Phi) is 4.80. The van der Waals surface area contributed by atoms with Crippen molar-refractivity contribution in [3.63, 3.8) is 0 Å². The van der Waals surface area contributed by atoms with E-state index in [1.54, 1.807) is 19.9 Å². The normalized spacial score (nSPS) is 14.8. The van der Waals surface area contributed by atoms with Crippen LogP contribution < -0.4 is 9.46 Å². The van der Waals surface area contributed by atoms with Gasteiger partial charge in [-0.25, -0.2) is 13.1 Å². The maximum absolute atomic E-state index is 12.6. The van der Waals surface area contributed by atoms with Crippen LogP contribution in [0.25, 0.3) is 0 Å². The standard InChI is InChI=1S/C15H18ClN3O4S/c1-3-22-12-6-9(2)11(16)7-13(12)24(20,21)17-8-14-18-15(23-19-14)10-4-5-10/h6-7,10,17H,3-5,8H2,1-2H3. The van der Waals surface area contributed by atoms with Crippen molar-refractivity contribution in [3.8, 4) is 5.75 Å². The van der Waals surface area contributed by atoms with Gasteiger partial charge in [0.05, 0.1) is 13.2 Å². The summed E-state index contributed by atoms with van der Waals surface area (Å²) in [5, 5.41) is 4.15. The first-order chi connectivity index (χ1) is 11.4. The van der Waals surface area contributed by atoms with Crippen molar-refractivity contribution in [2.45, 2.75) is 44.0 Å². The average molecular weight is 372 g/mol. The van der Waals surface area contributed by atoms with Crippen LogP contribution in [-0.4, -0.2) is 25.2 Å². The van der Waals surface area contributed by atoms with Gasteiger partial charge in [-0.15, -0.1) is 0 Å². The van der Waals surface area contributed by atoms with Gasteiger partial charge in [-0.3, -0.25) is 0 Å². The topological polar surface area (TPSA) is 94.3 Å². The lowest BCUT2D eigenvalue weighted by Crippen LogP contribution is -2.24. The van der Waals surface area contributed by atoms with Gasteiger partial charge >= 0.3 is 0 Å². The number of nitrogens with zero attached hydrogens (tertiary/aromatic N) is 2. The first-order valence-corrected chi connectivity index (χ1v) is 9.52. The maximum Gasteiger partial charge on any atom is 0.244 e. The van der Waals surface area contributed by atoms with Crippen molar-refractivity contribution in [1.29, 1.82) is 0 Å². The summed E-state index contributed by atoms with van der Waals surface area (Å²) >= 11 is 6.07. The molecule has 0 saturated heterocycles. The molecule has 0 atom stereocenters. The van der Waals surface area contributed by atoms with Crippen molar-refractivity contribution in [2.75, 3.05) is 6.61 Å². The van der Waals surface area contributed by atoms with Gasteiger partial charge in [0.25, 0.3) is 0 Å². The molecule has 1 N–H and O–H groups in total. The Bertz CT molecular complexity index is 846. The van der Waals surface area contributed by atoms with Crippen molar-refractivity contribution in [1.82, 2.24) is 14.9 Å². The largest absolute Gasteiger partial charge is 0.492 e. The first-order valence-electron chi connectivity index (χ1n) is 7.65. The number of halogens is 1. The van der Waals surface area contributed by atoms with Crippen LogP contribution in [0.15, 0.2) is 21.6 Å². The van der Waals surface area contributed by atoms with Crippen LogP contribution in [0.1, 0.15) is 43.0 Å². The highest BCUT2D eigenvalue weighted by Gasteiger charge is 2.30. The molecule has 3 rings (SSSR count). The van der Waals surface area contributed by atoms with E-state index in [4.69, 9.17) is 20.9 Å². The molecule has 0 bridgehead atoms. The van der Waals surface area contributed by atoms with E-state index in [0.717, 1.165) is 18.4 Å². The number of nitrogens with one attached hydrogen (secondary N) is 1. The molecule has 1 fully saturated rings. The van der Waals surface area contributed by atoms with Gasteiger partial charge in [0, 0.05) is 10.9 Å². The van der Waals surface area contributed by atoms with Crippen LogP contribution in [0, 0.1) is 6.92 Å². The third-order valence-electron chi connectivity index (χ3n) is 3.65. The minimum atomic E-state index is -3.83. The fourth-order valence-corrected chi connectivity index (χ4v) is 3.55. The molecular weight excluding hydrogens is 354 g/mol. The number of rotatable bonds is 7. The Morgan fingerprint density at radius 1 is 1.42 bits per heavy atom. The van der Waals surface area contributed by atoms with E-state index in [1.165, 1.54) is 6.07 Å². The molecule has 0 amide bonds. The highest BCUT2D eigenvalue weighted by molar-refractivity contribution is 7.89. The summed E-state index contributed by atoms with van der Waals surface area (Å²) in [6.45, 7) is 3.86. The molecule has 0 radical (unpaired) electrons. The average Bonchev–Trinajstić information content (AvgIpc) is 3.27. The Morgan fingerprint density at radius 2 is 2.17 bits per heavy atom. The third-order valence-corrected chi connectivity index (χ3v) is 5.47. The van der Waals surface area contributed by atoms with E-state index in [9.17, 15) is 8.42 Å². The monoisotopic (exact) mass is 371 g/mol. The molecule has 0 unspecified atom stereocenters. The number of aromatic nitrogens is 2. The molecule has 130 valence electrons. The zero-order chi connectivity index (χ0) is 17.3. The lowest BCUT2D eigenvalue weighted by molar-refractivity contribution is 0.330. The second-order valence-corrected chi connectivity index (χ2v) is 7.77. The van der Waals surface area contributed by atoms with E-state index in [0.29, 0.717) is 29.3 Å². The van der Waals surface area contributed by atoms with Gasteiger partial charge < -0.3 is 9.26 Å². The smallest absolute Gasteiger partial charge is 0.244 e. The SMILES string of the molecule is CCOc1cc(C)c(Cl)cc1S(=O)(=O)NCc1noc(C2CC2)n1. The Morgan fingerprint density at radius 3 is 2.83 bits per heavy atom. The molecule has 1 heterocycles. The second-order valence-electron chi connectivity index (χ2n) is 5.63. The number of aryl methyl sites for hydroxylation is 1. The summed E-state index contributed by atoms with van der Waals surface area (Å²) in [6.07, 6.45) is 2.07. The van der Waals surface area contributed by atoms with Crippen molar-refractivity contribution in [2.24, 2.45) is 0 Å². The Hall–Kier alpha value is -1.64. The first kappa shape index (κ1) is 17.2. The molecule has 1 aliphatic carbocycles. The molecule has 1 aromatic carbocycles. The molecule has 1 saturated carbocycles. The lowest BCUT2D eigenvalue weighted by Gasteiger charge is -2.13. The summed E-state index contributed by atoms with van der Waals surface area (Å²) in [7, 11) is -3.83. The summed E-state index contributed by atoms with van der Waals surface area (Å²) < 4.78 is 38.2. The minimum absolute atomic E-state index is 0.00846. The fourth-order valence-electron chi connectivity index (χ4n) is 2.19. The van der Waals surface area contributed by atoms with Crippen molar-refractivity contribution in [3.05, 3.63) is 34.4 Å². The van der Waals surface area contributed by atoms with E-state index in [-0.39, 0.29) is 17.2 Å². The van der Waals surface area contributed by atoms with Gasteiger partial charge in [-0.05, 0) is 44.4 Å². The van der Waals surface area contributed by atoms with Crippen LogP contribution in [0.4, 0.5) is 0 Å². The van der Waals surface area contributed by atoms with E-state index in [1.807, 2.05) is 0 Å². The summed E-state index contributed by atoms with van der Waals surface area (Å²) in [6, 6.07) is 3.00. The zero-order valence-electron chi connectivity index (χ0n) is 13.4.